The first-order valence-corrected chi connectivity index (χ1v) is 6.49. The highest BCUT2D eigenvalue weighted by Crippen LogP contribution is 2.18. The van der Waals surface area contributed by atoms with Crippen molar-refractivity contribution in [2.24, 2.45) is 12.8 Å². The molecular weight excluding hydrogens is 230 g/mol. The van der Waals surface area contributed by atoms with Crippen molar-refractivity contribution >= 4 is 11.8 Å². The number of carbonyl (C=O) groups excluding carboxylic acids is 1. The average Bonchev–Trinajstić information content (AvgIpc) is 2.72. The van der Waals surface area contributed by atoms with Crippen LogP contribution in [0.25, 0.3) is 0 Å². The molecule has 1 aromatic heterocycles. The first-order chi connectivity index (χ1) is 8.70. The molecule has 1 saturated carbocycles. The number of aromatic nitrogens is 2. The third-order valence-electron chi connectivity index (χ3n) is 3.41. The van der Waals surface area contributed by atoms with Crippen LogP contribution in [0.1, 0.15) is 37.7 Å². The number of amides is 2. The quantitative estimate of drug-likeness (QED) is 0.757. The van der Waals surface area contributed by atoms with Crippen molar-refractivity contribution in [3.05, 3.63) is 11.8 Å². The summed E-state index contributed by atoms with van der Waals surface area (Å²) in [4.78, 5) is 11.9. The molecule has 1 aromatic rings. The van der Waals surface area contributed by atoms with Crippen molar-refractivity contribution in [2.45, 2.75) is 44.7 Å². The van der Waals surface area contributed by atoms with Crippen LogP contribution >= 0.6 is 0 Å². The van der Waals surface area contributed by atoms with E-state index in [9.17, 15) is 4.79 Å². The number of carbonyl (C=O) groups is 1. The van der Waals surface area contributed by atoms with Gasteiger partial charge in [-0.05, 0) is 12.8 Å². The number of aryl methyl sites for hydroxylation is 1. The Kier molecular flexibility index (Phi) is 4.19. The highest BCUT2D eigenvalue weighted by molar-refractivity contribution is 5.89. The zero-order valence-electron chi connectivity index (χ0n) is 10.8. The van der Waals surface area contributed by atoms with Crippen molar-refractivity contribution in [3.8, 4) is 0 Å². The van der Waals surface area contributed by atoms with Gasteiger partial charge >= 0.3 is 6.03 Å². The summed E-state index contributed by atoms with van der Waals surface area (Å²) >= 11 is 0. The van der Waals surface area contributed by atoms with Gasteiger partial charge in [0.25, 0.3) is 0 Å². The Balaban J connectivity index is 1.91. The standard InChI is InChI=1S/C12H21N5O/c1-17-11(9(7-13)8-14-17)16-12(18)15-10-5-3-2-4-6-10/h8,10H,2-7,13H2,1H3,(H2,15,16,18). The average molecular weight is 251 g/mol. The Bertz CT molecular complexity index is 409. The van der Waals surface area contributed by atoms with E-state index in [0.717, 1.165) is 18.4 Å². The van der Waals surface area contributed by atoms with Crippen LogP contribution in [0.2, 0.25) is 0 Å². The van der Waals surface area contributed by atoms with E-state index in [4.69, 9.17) is 5.73 Å². The van der Waals surface area contributed by atoms with Gasteiger partial charge in [0.1, 0.15) is 5.82 Å². The highest BCUT2D eigenvalue weighted by Gasteiger charge is 2.17. The van der Waals surface area contributed by atoms with E-state index < -0.39 is 0 Å². The Morgan fingerprint density at radius 3 is 2.89 bits per heavy atom. The lowest BCUT2D eigenvalue weighted by atomic mass is 9.96. The van der Waals surface area contributed by atoms with Gasteiger partial charge in [0.15, 0.2) is 0 Å². The lowest BCUT2D eigenvalue weighted by Crippen LogP contribution is -2.39. The minimum absolute atomic E-state index is 0.166. The smallest absolute Gasteiger partial charge is 0.320 e. The fourth-order valence-corrected chi connectivity index (χ4v) is 2.37. The third kappa shape index (κ3) is 3.01. The fraction of sp³-hybridized carbons (Fsp3) is 0.667. The predicted molar refractivity (Wildman–Crippen MR) is 70.1 cm³/mol. The molecule has 1 aliphatic carbocycles. The van der Waals surface area contributed by atoms with Gasteiger partial charge in [0, 0.05) is 25.2 Å². The number of nitrogens with one attached hydrogen (secondary N) is 2. The van der Waals surface area contributed by atoms with E-state index in [1.165, 1.54) is 19.3 Å². The Morgan fingerprint density at radius 2 is 2.22 bits per heavy atom. The summed E-state index contributed by atoms with van der Waals surface area (Å²) in [5.41, 5.74) is 6.44. The number of hydrogen-bond acceptors (Lipinski definition) is 3. The van der Waals surface area contributed by atoms with Crippen LogP contribution < -0.4 is 16.4 Å². The summed E-state index contributed by atoms with van der Waals surface area (Å²) < 4.78 is 1.63. The van der Waals surface area contributed by atoms with Crippen molar-refractivity contribution in [1.29, 1.82) is 0 Å². The first-order valence-electron chi connectivity index (χ1n) is 6.49. The molecule has 0 atom stereocenters. The van der Waals surface area contributed by atoms with Crippen LogP contribution in [-0.2, 0) is 13.6 Å². The normalized spacial score (nSPS) is 16.6. The summed E-state index contributed by atoms with van der Waals surface area (Å²) in [6, 6.07) is 0.133. The van der Waals surface area contributed by atoms with E-state index in [0.29, 0.717) is 18.4 Å². The van der Waals surface area contributed by atoms with E-state index in [1.807, 2.05) is 0 Å². The van der Waals surface area contributed by atoms with E-state index >= 15 is 0 Å². The van der Waals surface area contributed by atoms with Gasteiger partial charge in [0.2, 0.25) is 0 Å². The maximum atomic E-state index is 11.9. The minimum Gasteiger partial charge on any atom is -0.335 e. The molecule has 2 rings (SSSR count). The maximum absolute atomic E-state index is 11.9. The number of anilines is 1. The Morgan fingerprint density at radius 1 is 1.50 bits per heavy atom. The molecule has 0 unspecified atom stereocenters. The van der Waals surface area contributed by atoms with Gasteiger partial charge in [-0.2, -0.15) is 5.10 Å². The topological polar surface area (TPSA) is 85.0 Å². The molecule has 4 N–H and O–H groups in total. The molecule has 6 heteroatoms. The molecule has 1 fully saturated rings. The van der Waals surface area contributed by atoms with Gasteiger partial charge in [-0.1, -0.05) is 19.3 Å². The molecule has 6 nitrogen and oxygen atoms in total. The molecule has 0 aromatic carbocycles. The third-order valence-corrected chi connectivity index (χ3v) is 3.41. The summed E-state index contributed by atoms with van der Waals surface area (Å²) in [6.45, 7) is 0.368. The molecule has 0 aliphatic heterocycles. The molecule has 18 heavy (non-hydrogen) atoms. The van der Waals surface area contributed by atoms with Crippen molar-refractivity contribution in [1.82, 2.24) is 15.1 Å². The second-order valence-electron chi connectivity index (χ2n) is 4.78. The predicted octanol–water partition coefficient (Wildman–Crippen LogP) is 1.33. The fourth-order valence-electron chi connectivity index (χ4n) is 2.37. The molecule has 1 heterocycles. The molecular formula is C12H21N5O. The monoisotopic (exact) mass is 251 g/mol. The zero-order chi connectivity index (χ0) is 13.0. The van der Waals surface area contributed by atoms with Crippen molar-refractivity contribution in [2.75, 3.05) is 5.32 Å². The van der Waals surface area contributed by atoms with Gasteiger partial charge in [-0.15, -0.1) is 0 Å². The first kappa shape index (κ1) is 12.9. The summed E-state index contributed by atoms with van der Waals surface area (Å²) in [5, 5.41) is 9.91. The number of nitrogens with two attached hydrogens (primary N) is 1. The van der Waals surface area contributed by atoms with E-state index in [-0.39, 0.29) is 6.03 Å². The number of urea groups is 1. The molecule has 0 bridgehead atoms. The molecule has 0 saturated heterocycles. The highest BCUT2D eigenvalue weighted by atomic mass is 16.2. The molecule has 1 aliphatic rings. The van der Waals surface area contributed by atoms with Gasteiger partial charge < -0.3 is 11.1 Å². The molecule has 0 spiro atoms. The minimum atomic E-state index is -0.166. The van der Waals surface area contributed by atoms with Crippen LogP contribution in [0.5, 0.6) is 0 Å². The molecule has 100 valence electrons. The SMILES string of the molecule is Cn1ncc(CN)c1NC(=O)NC1CCCCC1. The second kappa shape index (κ2) is 5.86. The number of nitrogens with zero attached hydrogens (tertiary/aromatic N) is 2. The molecule has 0 radical (unpaired) electrons. The maximum Gasteiger partial charge on any atom is 0.320 e. The Labute approximate surface area is 107 Å². The largest absolute Gasteiger partial charge is 0.335 e. The zero-order valence-corrected chi connectivity index (χ0v) is 10.8. The van der Waals surface area contributed by atoms with E-state index in [1.54, 1.807) is 17.9 Å². The van der Waals surface area contributed by atoms with Crippen LogP contribution in [0, 0.1) is 0 Å². The van der Waals surface area contributed by atoms with E-state index in [2.05, 4.69) is 15.7 Å². The van der Waals surface area contributed by atoms with Gasteiger partial charge in [-0.3, -0.25) is 10.00 Å². The Hall–Kier alpha value is -1.56. The van der Waals surface area contributed by atoms with Crippen LogP contribution in [0.15, 0.2) is 6.20 Å². The van der Waals surface area contributed by atoms with Gasteiger partial charge in [0.05, 0.1) is 6.20 Å². The lowest BCUT2D eigenvalue weighted by Gasteiger charge is -2.23. The number of hydrogen-bond donors (Lipinski definition) is 3. The lowest BCUT2D eigenvalue weighted by molar-refractivity contribution is 0.244. The molecule has 2 amide bonds. The van der Waals surface area contributed by atoms with Crippen LogP contribution in [-0.4, -0.2) is 21.9 Å². The second-order valence-corrected chi connectivity index (χ2v) is 4.78. The van der Waals surface area contributed by atoms with Crippen molar-refractivity contribution < 1.29 is 4.79 Å². The summed E-state index contributed by atoms with van der Waals surface area (Å²) in [6.07, 6.45) is 7.50. The van der Waals surface area contributed by atoms with Crippen LogP contribution in [0.4, 0.5) is 10.6 Å². The summed E-state index contributed by atoms with van der Waals surface area (Å²) in [5.74, 6) is 0.672. The van der Waals surface area contributed by atoms with Gasteiger partial charge in [-0.25, -0.2) is 4.79 Å². The van der Waals surface area contributed by atoms with Crippen molar-refractivity contribution in [3.63, 3.8) is 0 Å². The number of rotatable bonds is 3. The summed E-state index contributed by atoms with van der Waals surface area (Å²) in [7, 11) is 1.79. The van der Waals surface area contributed by atoms with Crippen LogP contribution in [0.3, 0.4) is 0 Å².